The second kappa shape index (κ2) is 10.8. The van der Waals surface area contributed by atoms with Crippen molar-refractivity contribution in [3.8, 4) is 11.4 Å². The Bertz CT molecular complexity index is 1690. The molecule has 3 aromatic heterocycles. The lowest BCUT2D eigenvalue weighted by Crippen LogP contribution is -2.48. The molecular weight excluding hydrogens is 547 g/mol. The average Bonchev–Trinajstić information content (AvgIpc) is 3.62. The van der Waals surface area contributed by atoms with Crippen molar-refractivity contribution in [2.75, 3.05) is 56.6 Å². The minimum absolute atomic E-state index is 0.0552. The summed E-state index contributed by atoms with van der Waals surface area (Å²) in [6.07, 6.45) is 2.88. The summed E-state index contributed by atoms with van der Waals surface area (Å²) in [5.41, 5.74) is 2.61. The first kappa shape index (κ1) is 27.2. The van der Waals surface area contributed by atoms with Crippen LogP contribution in [0.1, 0.15) is 34.8 Å². The molecule has 13 nitrogen and oxygen atoms in total. The van der Waals surface area contributed by atoms with Gasteiger partial charge in [0.1, 0.15) is 17.2 Å². The van der Waals surface area contributed by atoms with Crippen LogP contribution in [0, 0.1) is 12.7 Å². The van der Waals surface area contributed by atoms with E-state index in [1.807, 2.05) is 23.2 Å². The summed E-state index contributed by atoms with van der Waals surface area (Å²) in [5, 5.41) is 6.80. The van der Waals surface area contributed by atoms with Crippen LogP contribution >= 0.6 is 0 Å². The van der Waals surface area contributed by atoms with E-state index in [1.165, 1.54) is 24.3 Å². The number of amides is 3. The van der Waals surface area contributed by atoms with E-state index in [-0.39, 0.29) is 34.6 Å². The molecule has 0 bridgehead atoms. The molecule has 42 heavy (non-hydrogen) atoms. The van der Waals surface area contributed by atoms with Gasteiger partial charge in [0.25, 0.3) is 5.91 Å². The normalized spacial score (nSPS) is 15.6. The minimum Gasteiger partial charge on any atom is -0.453 e. The van der Waals surface area contributed by atoms with Crippen LogP contribution in [-0.4, -0.2) is 93.6 Å². The zero-order chi connectivity index (χ0) is 29.5. The van der Waals surface area contributed by atoms with Crippen LogP contribution in [0.15, 0.2) is 41.2 Å². The fourth-order valence-corrected chi connectivity index (χ4v) is 5.16. The number of carbonyl (C=O) groups is 3. The van der Waals surface area contributed by atoms with Crippen LogP contribution in [0.2, 0.25) is 0 Å². The van der Waals surface area contributed by atoms with Gasteiger partial charge in [0.15, 0.2) is 0 Å². The maximum absolute atomic E-state index is 15.0. The van der Waals surface area contributed by atoms with Crippen molar-refractivity contribution in [2.24, 2.45) is 0 Å². The number of halogens is 1. The fourth-order valence-electron chi connectivity index (χ4n) is 5.16. The second-order valence-electron chi connectivity index (χ2n) is 10.4. The molecule has 0 radical (unpaired) electrons. The van der Waals surface area contributed by atoms with E-state index >= 15 is 0 Å². The number of rotatable bonds is 5. The molecule has 1 aromatic carbocycles. The molecule has 6 rings (SSSR count). The highest BCUT2D eigenvalue weighted by molar-refractivity contribution is 6.04. The number of fused-ring (bicyclic) bond motifs is 1. The molecule has 2 aliphatic rings. The lowest BCUT2D eigenvalue weighted by molar-refractivity contribution is -0.129. The number of carbonyl (C=O) groups excluding carboxylic acids is 3. The van der Waals surface area contributed by atoms with Gasteiger partial charge in [-0.2, -0.15) is 4.98 Å². The summed E-state index contributed by atoms with van der Waals surface area (Å²) in [4.78, 5) is 50.9. The molecular formula is C28H29FN8O5. The maximum Gasteiger partial charge on any atom is 0.409 e. The van der Waals surface area contributed by atoms with Gasteiger partial charge < -0.3 is 29.3 Å². The summed E-state index contributed by atoms with van der Waals surface area (Å²) in [6, 6.07) is 6.64. The van der Waals surface area contributed by atoms with Gasteiger partial charge in [-0.1, -0.05) is 5.16 Å². The summed E-state index contributed by atoms with van der Waals surface area (Å²) in [5.74, 6) is -0.592. The van der Waals surface area contributed by atoms with Crippen LogP contribution in [0.5, 0.6) is 0 Å². The zero-order valence-electron chi connectivity index (χ0n) is 23.3. The van der Waals surface area contributed by atoms with Crippen molar-refractivity contribution in [3.63, 3.8) is 0 Å². The van der Waals surface area contributed by atoms with E-state index in [9.17, 15) is 18.8 Å². The highest BCUT2D eigenvalue weighted by atomic mass is 19.1. The number of pyridine rings is 1. The molecule has 2 fully saturated rings. The van der Waals surface area contributed by atoms with Crippen molar-refractivity contribution in [1.29, 1.82) is 0 Å². The van der Waals surface area contributed by atoms with Gasteiger partial charge in [-0.15, -0.1) is 0 Å². The smallest absolute Gasteiger partial charge is 0.409 e. The van der Waals surface area contributed by atoms with Gasteiger partial charge in [-0.25, -0.2) is 14.2 Å². The Balaban J connectivity index is 1.20. The Hall–Kier alpha value is -5.01. The third-order valence-electron chi connectivity index (χ3n) is 7.77. The maximum atomic E-state index is 15.0. The molecule has 0 saturated carbocycles. The van der Waals surface area contributed by atoms with E-state index < -0.39 is 17.8 Å². The number of nitrogens with one attached hydrogen (secondary N) is 1. The van der Waals surface area contributed by atoms with Crippen LogP contribution in [-0.2, 0) is 9.53 Å². The molecule has 0 unspecified atom stereocenters. The first-order valence-corrected chi connectivity index (χ1v) is 13.5. The third kappa shape index (κ3) is 4.99. The number of aromatic nitrogens is 4. The van der Waals surface area contributed by atoms with E-state index in [4.69, 9.17) is 9.26 Å². The van der Waals surface area contributed by atoms with Crippen molar-refractivity contribution >= 4 is 34.9 Å². The fraction of sp³-hybridized carbons (Fsp3) is 0.357. The Morgan fingerprint density at radius 2 is 1.86 bits per heavy atom. The van der Waals surface area contributed by atoms with Crippen molar-refractivity contribution in [2.45, 2.75) is 19.8 Å². The van der Waals surface area contributed by atoms with Crippen molar-refractivity contribution in [3.05, 3.63) is 59.6 Å². The predicted octanol–water partition coefficient (Wildman–Crippen LogP) is 2.92. The summed E-state index contributed by atoms with van der Waals surface area (Å²) >= 11 is 0. The number of benzene rings is 1. The molecule has 218 valence electrons. The number of nitrogens with zero attached hydrogens (tertiary/aromatic N) is 7. The van der Waals surface area contributed by atoms with Crippen molar-refractivity contribution < 1.29 is 28.0 Å². The molecule has 0 atom stereocenters. The molecule has 5 heterocycles. The summed E-state index contributed by atoms with van der Waals surface area (Å²) in [7, 11) is 1.32. The molecule has 2 aliphatic heterocycles. The SMILES string of the molecule is COC(=O)N1CC(c2nc(-c3cc(F)c(C)c(NC(=O)c4cnc5ccc(N6CCN(C(C)=O)CC6)cn45)c3)no2)C1. The number of anilines is 2. The lowest BCUT2D eigenvalue weighted by atomic mass is 10.0. The van der Waals surface area contributed by atoms with Crippen LogP contribution in [0.4, 0.5) is 20.6 Å². The minimum atomic E-state index is -0.542. The predicted molar refractivity (Wildman–Crippen MR) is 149 cm³/mol. The summed E-state index contributed by atoms with van der Waals surface area (Å²) in [6.45, 7) is 6.50. The number of methoxy groups -OCH3 is 1. The average molecular weight is 577 g/mol. The van der Waals surface area contributed by atoms with E-state index in [0.717, 1.165) is 5.69 Å². The Morgan fingerprint density at radius 3 is 2.57 bits per heavy atom. The van der Waals surface area contributed by atoms with Crippen molar-refractivity contribution in [1.82, 2.24) is 29.3 Å². The highest BCUT2D eigenvalue weighted by Gasteiger charge is 2.36. The largest absolute Gasteiger partial charge is 0.453 e. The summed E-state index contributed by atoms with van der Waals surface area (Å²) < 4.78 is 26.8. The first-order chi connectivity index (χ1) is 20.2. The number of hydrogen-bond acceptors (Lipinski definition) is 9. The Labute approximate surface area is 239 Å². The standard InChI is InChI=1S/C28H29FN8O5/c1-16-21(29)10-18(25-32-27(42-33-25)19-13-36(14-19)28(40)41-3)11-22(16)31-26(39)23-12-30-24-5-4-20(15-37(23)24)35-8-6-34(7-9-35)17(2)38/h4-5,10-12,15,19H,6-9,13-14H2,1-3H3,(H,31,39). The van der Waals surface area contributed by atoms with E-state index in [0.29, 0.717) is 56.4 Å². The van der Waals surface area contributed by atoms with Gasteiger partial charge in [0.05, 0.1) is 24.9 Å². The second-order valence-corrected chi connectivity index (χ2v) is 10.4. The van der Waals surface area contributed by atoms with Gasteiger partial charge in [0, 0.05) is 69.2 Å². The molecule has 1 N–H and O–H groups in total. The van der Waals surface area contributed by atoms with Crippen LogP contribution in [0.3, 0.4) is 0 Å². The monoisotopic (exact) mass is 576 g/mol. The molecule has 4 aromatic rings. The van der Waals surface area contributed by atoms with Gasteiger partial charge in [0.2, 0.25) is 17.6 Å². The van der Waals surface area contributed by atoms with Crippen LogP contribution in [0.25, 0.3) is 17.0 Å². The number of ether oxygens (including phenoxy) is 1. The quantitative estimate of drug-likeness (QED) is 0.380. The van der Waals surface area contributed by atoms with Crippen LogP contribution < -0.4 is 10.2 Å². The number of imidazole rings is 1. The topological polar surface area (TPSA) is 138 Å². The number of piperazine rings is 1. The van der Waals surface area contributed by atoms with Gasteiger partial charge in [-0.3, -0.25) is 14.0 Å². The molecule has 0 spiro atoms. The highest BCUT2D eigenvalue weighted by Crippen LogP contribution is 2.31. The molecule has 3 amide bonds. The molecule has 0 aliphatic carbocycles. The Morgan fingerprint density at radius 1 is 1.10 bits per heavy atom. The first-order valence-electron chi connectivity index (χ1n) is 13.5. The Kier molecular flexibility index (Phi) is 6.96. The van der Waals surface area contributed by atoms with E-state index in [1.54, 1.807) is 24.3 Å². The molecule has 14 heteroatoms. The lowest BCUT2D eigenvalue weighted by Gasteiger charge is -2.35. The number of hydrogen-bond donors (Lipinski definition) is 1. The zero-order valence-corrected chi connectivity index (χ0v) is 23.3. The van der Waals surface area contributed by atoms with E-state index in [2.05, 4.69) is 25.3 Å². The van der Waals surface area contributed by atoms with Gasteiger partial charge in [-0.05, 0) is 31.2 Å². The molecule has 2 saturated heterocycles. The number of likely N-dealkylation sites (tertiary alicyclic amines) is 1. The third-order valence-corrected chi connectivity index (χ3v) is 7.77. The van der Waals surface area contributed by atoms with Gasteiger partial charge >= 0.3 is 6.09 Å².